The van der Waals surface area contributed by atoms with Crippen molar-refractivity contribution in [3.8, 4) is 11.1 Å². The molecule has 0 N–H and O–H groups in total. The topological polar surface area (TPSA) is 9.23 Å². The Hall–Kier alpha value is -2.20. The van der Waals surface area contributed by atoms with Crippen LogP contribution >= 0.6 is 11.6 Å². The standard InChI is InChI=1S/C22H18ClF3O/c1-21(2)18-5-3-4-16(20(18)17-11-8-14(23)12-19(17)21)13-6-9-15(10-7-13)27-22(24,25)26/h3-6,8-9,11-12H,7,10H2,1-2H3. The molecule has 2 aliphatic rings. The molecule has 0 spiro atoms. The molecule has 0 aromatic heterocycles. The summed E-state index contributed by atoms with van der Waals surface area (Å²) in [6.07, 6.45) is -0.753. The van der Waals surface area contributed by atoms with E-state index in [1.807, 2.05) is 30.3 Å². The zero-order valence-corrected chi connectivity index (χ0v) is 15.7. The Morgan fingerprint density at radius 3 is 2.41 bits per heavy atom. The maximum atomic E-state index is 12.4. The minimum atomic E-state index is -4.65. The summed E-state index contributed by atoms with van der Waals surface area (Å²) in [5, 5.41) is 0.699. The van der Waals surface area contributed by atoms with E-state index in [0.29, 0.717) is 11.4 Å². The average Bonchev–Trinajstić information content (AvgIpc) is 2.82. The summed E-state index contributed by atoms with van der Waals surface area (Å²) in [6, 6.07) is 12.1. The van der Waals surface area contributed by atoms with Crippen molar-refractivity contribution in [1.29, 1.82) is 0 Å². The number of benzene rings is 2. The van der Waals surface area contributed by atoms with Gasteiger partial charge in [0.25, 0.3) is 0 Å². The number of hydrogen-bond donors (Lipinski definition) is 0. The second-order valence-corrected chi connectivity index (χ2v) is 7.85. The Balaban J connectivity index is 1.81. The minimum absolute atomic E-state index is 0.0497. The van der Waals surface area contributed by atoms with E-state index in [1.54, 1.807) is 6.08 Å². The van der Waals surface area contributed by atoms with Crippen molar-refractivity contribution in [3.63, 3.8) is 0 Å². The Bertz CT molecular complexity index is 984. The number of halogens is 4. The Labute approximate surface area is 161 Å². The molecule has 2 aromatic rings. The lowest BCUT2D eigenvalue weighted by Gasteiger charge is -2.22. The first-order valence-electron chi connectivity index (χ1n) is 8.76. The molecule has 1 nitrogen and oxygen atoms in total. The normalized spacial score (nSPS) is 17.7. The first-order chi connectivity index (χ1) is 12.7. The predicted octanol–water partition coefficient (Wildman–Crippen LogP) is 7.24. The number of alkyl halides is 3. The molecule has 2 aromatic carbocycles. The molecule has 0 radical (unpaired) electrons. The molecular formula is C22H18ClF3O. The summed E-state index contributed by atoms with van der Waals surface area (Å²) >= 11 is 6.23. The van der Waals surface area contributed by atoms with E-state index in [9.17, 15) is 13.2 Å². The van der Waals surface area contributed by atoms with Gasteiger partial charge in [-0.3, -0.25) is 0 Å². The van der Waals surface area contributed by atoms with Gasteiger partial charge >= 0.3 is 6.36 Å². The maximum Gasteiger partial charge on any atom is 0.572 e. The van der Waals surface area contributed by atoms with E-state index >= 15 is 0 Å². The van der Waals surface area contributed by atoms with Crippen LogP contribution in [0.3, 0.4) is 0 Å². The van der Waals surface area contributed by atoms with Crippen LogP contribution in [0.1, 0.15) is 43.4 Å². The quantitative estimate of drug-likeness (QED) is 0.525. The van der Waals surface area contributed by atoms with E-state index in [-0.39, 0.29) is 17.6 Å². The molecule has 0 saturated carbocycles. The summed E-state index contributed by atoms with van der Waals surface area (Å²) in [7, 11) is 0. The summed E-state index contributed by atoms with van der Waals surface area (Å²) in [5.74, 6) is -0.0497. The zero-order valence-electron chi connectivity index (χ0n) is 15.0. The summed E-state index contributed by atoms with van der Waals surface area (Å²) < 4.78 is 41.3. The van der Waals surface area contributed by atoms with Gasteiger partial charge in [0.05, 0.1) is 0 Å². The van der Waals surface area contributed by atoms with Crippen molar-refractivity contribution in [2.24, 2.45) is 0 Å². The highest BCUT2D eigenvalue weighted by molar-refractivity contribution is 6.30. The molecule has 0 aliphatic heterocycles. The third-order valence-corrected chi connectivity index (χ3v) is 5.60. The van der Waals surface area contributed by atoms with Crippen LogP contribution in [-0.2, 0) is 10.2 Å². The van der Waals surface area contributed by atoms with Crippen LogP contribution in [0.15, 0.2) is 54.3 Å². The fourth-order valence-electron chi connectivity index (χ4n) is 4.10. The number of allylic oxidation sites excluding steroid dienone is 4. The minimum Gasteiger partial charge on any atom is -0.410 e. The fraction of sp³-hybridized carbons (Fsp3) is 0.273. The Kier molecular flexibility index (Phi) is 4.15. The molecule has 27 heavy (non-hydrogen) atoms. The molecule has 0 atom stereocenters. The van der Waals surface area contributed by atoms with Crippen molar-refractivity contribution in [2.75, 3.05) is 0 Å². The number of fused-ring (bicyclic) bond motifs is 3. The van der Waals surface area contributed by atoms with Gasteiger partial charge in [0.2, 0.25) is 0 Å². The molecule has 140 valence electrons. The summed E-state index contributed by atoms with van der Waals surface area (Å²) in [4.78, 5) is 0. The van der Waals surface area contributed by atoms with Crippen LogP contribution in [0.4, 0.5) is 13.2 Å². The smallest absolute Gasteiger partial charge is 0.410 e. The fourth-order valence-corrected chi connectivity index (χ4v) is 4.28. The van der Waals surface area contributed by atoms with Crippen molar-refractivity contribution in [2.45, 2.75) is 38.5 Å². The SMILES string of the molecule is CC1(C)c2cc(Cl)ccc2-c2c(C3=CC=C(OC(F)(F)F)CC3)cccc21. The number of ether oxygens (including phenoxy) is 1. The highest BCUT2D eigenvalue weighted by Gasteiger charge is 2.37. The van der Waals surface area contributed by atoms with Crippen LogP contribution in [0, 0.1) is 0 Å². The highest BCUT2D eigenvalue weighted by Crippen LogP contribution is 2.52. The summed E-state index contributed by atoms with van der Waals surface area (Å²) in [5.41, 5.74) is 6.56. The molecule has 0 unspecified atom stereocenters. The molecule has 4 rings (SSSR count). The van der Waals surface area contributed by atoms with E-state index in [4.69, 9.17) is 11.6 Å². The van der Waals surface area contributed by atoms with Gasteiger partial charge in [-0.25, -0.2) is 0 Å². The van der Waals surface area contributed by atoms with Crippen LogP contribution in [0.5, 0.6) is 0 Å². The Morgan fingerprint density at radius 2 is 1.74 bits per heavy atom. The molecule has 0 amide bonds. The first kappa shape index (κ1) is 18.2. The Morgan fingerprint density at radius 1 is 0.963 bits per heavy atom. The van der Waals surface area contributed by atoms with Crippen LogP contribution < -0.4 is 0 Å². The predicted molar refractivity (Wildman–Crippen MR) is 101 cm³/mol. The lowest BCUT2D eigenvalue weighted by atomic mass is 9.81. The number of hydrogen-bond acceptors (Lipinski definition) is 1. The van der Waals surface area contributed by atoms with Gasteiger partial charge in [0.15, 0.2) is 0 Å². The average molecular weight is 391 g/mol. The van der Waals surface area contributed by atoms with E-state index < -0.39 is 6.36 Å². The van der Waals surface area contributed by atoms with Gasteiger partial charge in [0.1, 0.15) is 5.76 Å². The van der Waals surface area contributed by atoms with Crippen molar-refractivity contribution < 1.29 is 17.9 Å². The van der Waals surface area contributed by atoms with E-state index in [1.165, 1.54) is 17.2 Å². The molecule has 2 aliphatic carbocycles. The second kappa shape index (κ2) is 6.16. The van der Waals surface area contributed by atoms with Gasteiger partial charge in [-0.1, -0.05) is 55.8 Å². The van der Waals surface area contributed by atoms with Gasteiger partial charge in [-0.15, -0.1) is 13.2 Å². The molecule has 0 bridgehead atoms. The van der Waals surface area contributed by atoms with Crippen molar-refractivity contribution in [3.05, 3.63) is 76.0 Å². The third-order valence-electron chi connectivity index (χ3n) is 5.37. The molecule has 0 heterocycles. The van der Waals surface area contributed by atoms with Crippen LogP contribution in [0.2, 0.25) is 5.02 Å². The van der Waals surface area contributed by atoms with E-state index in [0.717, 1.165) is 22.3 Å². The number of rotatable bonds is 2. The second-order valence-electron chi connectivity index (χ2n) is 7.42. The monoisotopic (exact) mass is 390 g/mol. The van der Waals surface area contributed by atoms with Gasteiger partial charge < -0.3 is 4.74 Å². The lowest BCUT2D eigenvalue weighted by Crippen LogP contribution is -2.15. The van der Waals surface area contributed by atoms with Gasteiger partial charge in [-0.2, -0.15) is 0 Å². The largest absolute Gasteiger partial charge is 0.572 e. The van der Waals surface area contributed by atoms with Crippen LogP contribution in [-0.4, -0.2) is 6.36 Å². The van der Waals surface area contributed by atoms with E-state index in [2.05, 4.69) is 24.7 Å². The molecule has 0 fully saturated rings. The first-order valence-corrected chi connectivity index (χ1v) is 9.14. The third kappa shape index (κ3) is 3.16. The molecular weight excluding hydrogens is 373 g/mol. The van der Waals surface area contributed by atoms with Crippen LogP contribution in [0.25, 0.3) is 16.7 Å². The van der Waals surface area contributed by atoms with Crippen molar-refractivity contribution >= 4 is 17.2 Å². The highest BCUT2D eigenvalue weighted by atomic mass is 35.5. The van der Waals surface area contributed by atoms with Gasteiger partial charge in [-0.05, 0) is 58.0 Å². The van der Waals surface area contributed by atoms with Crippen molar-refractivity contribution in [1.82, 2.24) is 0 Å². The maximum absolute atomic E-state index is 12.4. The van der Waals surface area contributed by atoms with Gasteiger partial charge in [0, 0.05) is 16.9 Å². The molecule has 5 heteroatoms. The lowest BCUT2D eigenvalue weighted by molar-refractivity contribution is -0.306. The zero-order chi connectivity index (χ0) is 19.4. The summed E-state index contributed by atoms with van der Waals surface area (Å²) in [6.45, 7) is 4.34. The molecule has 0 saturated heterocycles.